The number of hydrogen-bond donors (Lipinski definition) is 1. The molecule has 1 aliphatic heterocycles. The van der Waals surface area contributed by atoms with Crippen molar-refractivity contribution >= 4 is 5.69 Å². The van der Waals surface area contributed by atoms with Crippen LogP contribution in [0, 0.1) is 0 Å². The van der Waals surface area contributed by atoms with Crippen LogP contribution in [0.5, 0.6) is 0 Å². The zero-order chi connectivity index (χ0) is 11.5. The molecule has 0 amide bonds. The maximum atomic E-state index is 5.86. The van der Waals surface area contributed by atoms with E-state index < -0.39 is 0 Å². The van der Waals surface area contributed by atoms with Crippen molar-refractivity contribution in [2.24, 2.45) is 0 Å². The van der Waals surface area contributed by atoms with E-state index in [0.717, 1.165) is 25.3 Å². The molecular formula is C14H20N2. The third-order valence-electron chi connectivity index (χ3n) is 3.36. The summed E-state index contributed by atoms with van der Waals surface area (Å²) in [6, 6.07) is 6.32. The van der Waals surface area contributed by atoms with E-state index in [1.807, 2.05) is 12.1 Å². The monoisotopic (exact) mass is 216 g/mol. The molecule has 0 bridgehead atoms. The van der Waals surface area contributed by atoms with Gasteiger partial charge in [-0.15, -0.1) is 6.58 Å². The molecule has 2 N–H and O–H groups in total. The second-order valence-corrected chi connectivity index (χ2v) is 4.55. The van der Waals surface area contributed by atoms with Crippen molar-refractivity contribution in [2.45, 2.75) is 25.8 Å². The average Bonchev–Trinajstić information content (AvgIpc) is 2.29. The summed E-state index contributed by atoms with van der Waals surface area (Å²) < 4.78 is 0. The first kappa shape index (κ1) is 11.2. The largest absolute Gasteiger partial charge is 0.399 e. The summed E-state index contributed by atoms with van der Waals surface area (Å²) in [7, 11) is 0. The van der Waals surface area contributed by atoms with Gasteiger partial charge in [-0.3, -0.25) is 4.90 Å². The van der Waals surface area contributed by atoms with E-state index in [9.17, 15) is 0 Å². The summed E-state index contributed by atoms with van der Waals surface area (Å²) in [5, 5.41) is 0. The molecule has 1 aliphatic rings. The fourth-order valence-electron chi connectivity index (χ4n) is 2.52. The third-order valence-corrected chi connectivity index (χ3v) is 3.36. The summed E-state index contributed by atoms with van der Waals surface area (Å²) in [5.41, 5.74) is 9.62. The molecule has 16 heavy (non-hydrogen) atoms. The van der Waals surface area contributed by atoms with Gasteiger partial charge in [0.1, 0.15) is 0 Å². The highest BCUT2D eigenvalue weighted by molar-refractivity contribution is 5.47. The first-order chi connectivity index (χ1) is 7.74. The number of anilines is 1. The van der Waals surface area contributed by atoms with Crippen molar-refractivity contribution < 1.29 is 0 Å². The summed E-state index contributed by atoms with van der Waals surface area (Å²) >= 11 is 0. The lowest BCUT2D eigenvalue weighted by atomic mass is 9.87. The Balaban J connectivity index is 2.30. The standard InChI is InChI=1S/C14H20N2/c1-3-7-16-9-11(4-2)14-8-13(15)6-5-12(14)10-16/h3,5-6,8,11H,1,4,7,9-10,15H2,2H3. The summed E-state index contributed by atoms with van der Waals surface area (Å²) in [4.78, 5) is 2.44. The minimum atomic E-state index is 0.618. The predicted molar refractivity (Wildman–Crippen MR) is 69.4 cm³/mol. The van der Waals surface area contributed by atoms with Gasteiger partial charge in [-0.1, -0.05) is 19.1 Å². The Hall–Kier alpha value is -1.28. The van der Waals surface area contributed by atoms with Gasteiger partial charge in [0.05, 0.1) is 0 Å². The fraction of sp³-hybridized carbons (Fsp3) is 0.429. The van der Waals surface area contributed by atoms with Gasteiger partial charge in [0.15, 0.2) is 0 Å². The highest BCUT2D eigenvalue weighted by Crippen LogP contribution is 2.31. The fourth-order valence-corrected chi connectivity index (χ4v) is 2.52. The maximum Gasteiger partial charge on any atom is 0.0317 e. The van der Waals surface area contributed by atoms with Crippen LogP contribution in [0.2, 0.25) is 0 Å². The Morgan fingerprint density at radius 3 is 3.06 bits per heavy atom. The van der Waals surface area contributed by atoms with Crippen molar-refractivity contribution in [3.63, 3.8) is 0 Å². The lowest BCUT2D eigenvalue weighted by molar-refractivity contribution is 0.251. The van der Waals surface area contributed by atoms with Crippen molar-refractivity contribution in [3.05, 3.63) is 42.0 Å². The second kappa shape index (κ2) is 4.71. The Morgan fingerprint density at radius 1 is 1.56 bits per heavy atom. The number of nitrogen functional groups attached to an aromatic ring is 1. The smallest absolute Gasteiger partial charge is 0.0317 e. The molecule has 0 fully saturated rings. The minimum Gasteiger partial charge on any atom is -0.399 e. The van der Waals surface area contributed by atoms with Gasteiger partial charge in [-0.05, 0) is 35.6 Å². The van der Waals surface area contributed by atoms with Crippen molar-refractivity contribution in [1.82, 2.24) is 4.90 Å². The number of hydrogen-bond acceptors (Lipinski definition) is 2. The molecule has 1 unspecified atom stereocenters. The van der Waals surface area contributed by atoms with Crippen molar-refractivity contribution in [1.29, 1.82) is 0 Å². The molecule has 1 aromatic carbocycles. The van der Waals surface area contributed by atoms with Gasteiger partial charge in [-0.25, -0.2) is 0 Å². The average molecular weight is 216 g/mol. The number of nitrogens with zero attached hydrogens (tertiary/aromatic N) is 1. The number of rotatable bonds is 3. The third kappa shape index (κ3) is 2.12. The zero-order valence-electron chi connectivity index (χ0n) is 9.95. The highest BCUT2D eigenvalue weighted by atomic mass is 15.1. The molecule has 0 saturated carbocycles. The lowest BCUT2D eigenvalue weighted by Crippen LogP contribution is -2.33. The molecule has 2 heteroatoms. The van der Waals surface area contributed by atoms with Gasteiger partial charge >= 0.3 is 0 Å². The summed E-state index contributed by atoms with van der Waals surface area (Å²) in [6.45, 7) is 9.18. The van der Waals surface area contributed by atoms with E-state index in [1.54, 1.807) is 0 Å². The Morgan fingerprint density at radius 2 is 2.38 bits per heavy atom. The topological polar surface area (TPSA) is 29.3 Å². The van der Waals surface area contributed by atoms with Crippen molar-refractivity contribution in [2.75, 3.05) is 18.8 Å². The molecule has 1 atom stereocenters. The highest BCUT2D eigenvalue weighted by Gasteiger charge is 2.23. The molecular weight excluding hydrogens is 196 g/mol. The molecule has 0 radical (unpaired) electrons. The first-order valence-electron chi connectivity index (χ1n) is 5.96. The number of benzene rings is 1. The van der Waals surface area contributed by atoms with Crippen LogP contribution in [0.15, 0.2) is 30.9 Å². The van der Waals surface area contributed by atoms with Gasteiger partial charge in [-0.2, -0.15) is 0 Å². The van der Waals surface area contributed by atoms with E-state index in [0.29, 0.717) is 5.92 Å². The quantitative estimate of drug-likeness (QED) is 0.622. The van der Waals surface area contributed by atoms with E-state index in [-0.39, 0.29) is 0 Å². The van der Waals surface area contributed by atoms with Crippen LogP contribution in [-0.4, -0.2) is 18.0 Å². The van der Waals surface area contributed by atoms with Crippen LogP contribution in [0.25, 0.3) is 0 Å². The molecule has 1 heterocycles. The molecule has 0 aromatic heterocycles. The molecule has 86 valence electrons. The zero-order valence-corrected chi connectivity index (χ0v) is 9.95. The summed E-state index contributed by atoms with van der Waals surface area (Å²) in [5.74, 6) is 0.618. The van der Waals surface area contributed by atoms with Crippen LogP contribution in [0.4, 0.5) is 5.69 Å². The lowest BCUT2D eigenvalue weighted by Gasteiger charge is -2.33. The number of fused-ring (bicyclic) bond motifs is 1. The predicted octanol–water partition coefficient (Wildman–Crippen LogP) is 2.76. The maximum absolute atomic E-state index is 5.86. The van der Waals surface area contributed by atoms with Crippen molar-refractivity contribution in [3.8, 4) is 0 Å². The van der Waals surface area contributed by atoms with E-state index in [1.165, 1.54) is 17.5 Å². The summed E-state index contributed by atoms with van der Waals surface area (Å²) in [6.07, 6.45) is 3.15. The SMILES string of the molecule is C=CCN1Cc2ccc(N)cc2C(CC)C1. The van der Waals surface area contributed by atoms with Crippen LogP contribution in [0.3, 0.4) is 0 Å². The van der Waals surface area contributed by atoms with E-state index in [4.69, 9.17) is 5.73 Å². The molecule has 1 aromatic rings. The molecule has 0 aliphatic carbocycles. The van der Waals surface area contributed by atoms with Crippen LogP contribution in [0.1, 0.15) is 30.4 Å². The minimum absolute atomic E-state index is 0.618. The van der Waals surface area contributed by atoms with Crippen LogP contribution < -0.4 is 5.73 Å². The van der Waals surface area contributed by atoms with Crippen LogP contribution in [-0.2, 0) is 6.54 Å². The van der Waals surface area contributed by atoms with Gasteiger partial charge < -0.3 is 5.73 Å². The van der Waals surface area contributed by atoms with Gasteiger partial charge in [0, 0.05) is 25.3 Å². The Bertz CT molecular complexity index is 384. The van der Waals surface area contributed by atoms with E-state index in [2.05, 4.69) is 30.5 Å². The number of nitrogens with two attached hydrogens (primary N) is 1. The first-order valence-corrected chi connectivity index (χ1v) is 5.96. The Labute approximate surface area is 97.8 Å². The van der Waals surface area contributed by atoms with Crippen LogP contribution >= 0.6 is 0 Å². The molecule has 2 nitrogen and oxygen atoms in total. The molecule has 0 saturated heterocycles. The van der Waals surface area contributed by atoms with E-state index >= 15 is 0 Å². The Kier molecular flexibility index (Phi) is 3.30. The molecule has 2 rings (SSSR count). The molecule has 0 spiro atoms. The van der Waals surface area contributed by atoms with Gasteiger partial charge in [0.25, 0.3) is 0 Å². The normalized spacial score (nSPS) is 20.4. The van der Waals surface area contributed by atoms with Gasteiger partial charge in [0.2, 0.25) is 0 Å². The second-order valence-electron chi connectivity index (χ2n) is 4.55.